The van der Waals surface area contributed by atoms with Crippen molar-refractivity contribution in [2.75, 3.05) is 57.3 Å². The Bertz CT molecular complexity index is 1010. The number of sulfone groups is 1. The molecule has 1 amide bonds. The van der Waals surface area contributed by atoms with Gasteiger partial charge in [0, 0.05) is 44.7 Å². The number of likely N-dealkylation sites (tertiary alicyclic amines) is 1. The van der Waals surface area contributed by atoms with E-state index in [2.05, 4.69) is 28.0 Å². The first-order chi connectivity index (χ1) is 15.0. The molecule has 4 heterocycles. The maximum absolute atomic E-state index is 12.9. The molecule has 2 atom stereocenters. The second kappa shape index (κ2) is 8.77. The Hall–Kier alpha value is -1.55. The number of nitrogens with zero attached hydrogens (tertiary/aromatic N) is 4. The average Bonchev–Trinajstić information content (AvgIpc) is 3.37. The highest BCUT2D eigenvalue weighted by molar-refractivity contribution is 7.91. The van der Waals surface area contributed by atoms with Crippen LogP contribution < -0.4 is 0 Å². The molecular formula is C22H30N4O3S2. The number of carbonyl (C=O) groups excluding carboxylic acids is 1. The number of rotatable bonds is 4. The minimum Gasteiger partial charge on any atom is -0.339 e. The zero-order valence-corrected chi connectivity index (χ0v) is 19.4. The van der Waals surface area contributed by atoms with E-state index in [0.29, 0.717) is 31.3 Å². The summed E-state index contributed by atoms with van der Waals surface area (Å²) >= 11 is 1.78. The van der Waals surface area contributed by atoms with Gasteiger partial charge in [-0.05, 0) is 37.9 Å². The molecule has 0 unspecified atom stereocenters. The number of thiazole rings is 1. The Balaban J connectivity index is 1.14. The smallest absolute Gasteiger partial charge is 0.236 e. The molecule has 1 aromatic carbocycles. The van der Waals surface area contributed by atoms with Gasteiger partial charge in [0.05, 0.1) is 33.3 Å². The summed E-state index contributed by atoms with van der Waals surface area (Å²) in [6, 6.07) is 8.42. The fourth-order valence-electron chi connectivity index (χ4n) is 5.16. The van der Waals surface area contributed by atoms with Gasteiger partial charge in [0.25, 0.3) is 0 Å². The summed E-state index contributed by atoms with van der Waals surface area (Å²) < 4.78 is 24.7. The number of amides is 1. The van der Waals surface area contributed by atoms with E-state index in [4.69, 9.17) is 4.98 Å². The lowest BCUT2D eigenvalue weighted by molar-refractivity contribution is -0.134. The molecule has 1 aromatic heterocycles. The molecule has 0 N–H and O–H groups in total. The number of hydrogen-bond acceptors (Lipinski definition) is 7. The Morgan fingerprint density at radius 1 is 1.10 bits per heavy atom. The van der Waals surface area contributed by atoms with Crippen LogP contribution in [0, 0.1) is 0 Å². The van der Waals surface area contributed by atoms with Crippen molar-refractivity contribution in [2.24, 2.45) is 0 Å². The molecular weight excluding hydrogens is 432 g/mol. The Morgan fingerprint density at radius 2 is 1.90 bits per heavy atom. The molecule has 0 aliphatic carbocycles. The van der Waals surface area contributed by atoms with Crippen molar-refractivity contribution in [1.82, 2.24) is 19.7 Å². The van der Waals surface area contributed by atoms with E-state index >= 15 is 0 Å². The van der Waals surface area contributed by atoms with Crippen LogP contribution in [0.2, 0.25) is 0 Å². The lowest BCUT2D eigenvalue weighted by Gasteiger charge is -2.39. The predicted molar refractivity (Wildman–Crippen MR) is 123 cm³/mol. The van der Waals surface area contributed by atoms with Gasteiger partial charge in [0.15, 0.2) is 9.84 Å². The van der Waals surface area contributed by atoms with E-state index in [0.717, 1.165) is 51.0 Å². The van der Waals surface area contributed by atoms with Crippen LogP contribution in [-0.4, -0.2) is 97.4 Å². The molecule has 0 saturated carbocycles. The van der Waals surface area contributed by atoms with E-state index in [1.165, 1.54) is 9.71 Å². The van der Waals surface area contributed by atoms with Gasteiger partial charge in [-0.1, -0.05) is 12.1 Å². The Labute approximate surface area is 187 Å². The van der Waals surface area contributed by atoms with Gasteiger partial charge in [-0.3, -0.25) is 14.6 Å². The zero-order valence-electron chi connectivity index (χ0n) is 17.8. The van der Waals surface area contributed by atoms with Gasteiger partial charge in [-0.25, -0.2) is 13.4 Å². The fourth-order valence-corrected chi connectivity index (χ4v) is 8.01. The summed E-state index contributed by atoms with van der Waals surface area (Å²) in [5.74, 6) is 1.19. The van der Waals surface area contributed by atoms with Crippen molar-refractivity contribution in [3.8, 4) is 0 Å². The first-order valence-electron chi connectivity index (χ1n) is 11.3. The maximum Gasteiger partial charge on any atom is 0.236 e. The topological polar surface area (TPSA) is 73.8 Å². The van der Waals surface area contributed by atoms with Crippen molar-refractivity contribution in [3.63, 3.8) is 0 Å². The summed E-state index contributed by atoms with van der Waals surface area (Å²) in [7, 11) is -2.86. The van der Waals surface area contributed by atoms with Crippen LogP contribution in [-0.2, 0) is 14.6 Å². The number of piperidine rings is 1. The molecule has 0 spiro atoms. The molecule has 2 aromatic rings. The summed E-state index contributed by atoms with van der Waals surface area (Å²) in [4.78, 5) is 24.3. The second-order valence-corrected chi connectivity index (χ2v) is 12.4. The van der Waals surface area contributed by atoms with E-state index in [1.807, 2.05) is 11.0 Å². The largest absolute Gasteiger partial charge is 0.339 e. The highest BCUT2D eigenvalue weighted by atomic mass is 32.2. The standard InChI is InChI=1S/C22H30N4O3S2/c27-21(26-11-9-25(10-12-26)18-7-13-31(28,29)16-18)15-24-8-3-4-17(14-24)22-23-19-5-1-2-6-20(19)30-22/h1-2,5-6,17-18H,3-4,7-16H2/t17-,18+/m1/s1. The van der Waals surface area contributed by atoms with Gasteiger partial charge in [0.2, 0.25) is 5.91 Å². The monoisotopic (exact) mass is 462 g/mol. The molecule has 0 bridgehead atoms. The Kier molecular flexibility index (Phi) is 6.02. The molecule has 3 saturated heterocycles. The SMILES string of the molecule is O=C(CN1CCC[C@@H](c2nc3ccccc3s2)C1)N1CCN([C@H]2CCS(=O)(=O)C2)CC1. The number of hydrogen-bond donors (Lipinski definition) is 0. The van der Waals surface area contributed by atoms with Crippen molar-refractivity contribution in [3.05, 3.63) is 29.3 Å². The third-order valence-corrected chi connectivity index (χ3v) is 9.87. The number of piperazine rings is 1. The summed E-state index contributed by atoms with van der Waals surface area (Å²) in [5.41, 5.74) is 1.07. The number of benzene rings is 1. The third kappa shape index (κ3) is 4.79. The third-order valence-electron chi connectivity index (χ3n) is 6.92. The van der Waals surface area contributed by atoms with Crippen LogP contribution in [0.25, 0.3) is 10.2 Å². The summed E-state index contributed by atoms with van der Waals surface area (Å²) in [5, 5.41) is 1.19. The van der Waals surface area contributed by atoms with Crippen LogP contribution in [0.1, 0.15) is 30.2 Å². The minimum absolute atomic E-state index is 0.138. The number of para-hydroxylation sites is 1. The molecule has 9 heteroatoms. The predicted octanol–water partition coefficient (Wildman–Crippen LogP) is 1.81. The van der Waals surface area contributed by atoms with Gasteiger partial charge >= 0.3 is 0 Å². The molecule has 5 rings (SSSR count). The maximum atomic E-state index is 12.9. The lowest BCUT2D eigenvalue weighted by Crippen LogP contribution is -2.54. The van der Waals surface area contributed by atoms with E-state index in [9.17, 15) is 13.2 Å². The second-order valence-electron chi connectivity index (χ2n) is 9.07. The number of carbonyl (C=O) groups is 1. The van der Waals surface area contributed by atoms with Gasteiger partial charge in [-0.15, -0.1) is 11.3 Å². The minimum atomic E-state index is -2.86. The zero-order chi connectivity index (χ0) is 21.4. The number of aromatic nitrogens is 1. The van der Waals surface area contributed by atoms with E-state index in [1.54, 1.807) is 11.3 Å². The molecule has 3 aliphatic heterocycles. The molecule has 168 valence electrons. The summed E-state index contributed by atoms with van der Waals surface area (Å²) in [6.45, 7) is 5.28. The first-order valence-corrected chi connectivity index (χ1v) is 13.9. The van der Waals surface area contributed by atoms with Gasteiger partial charge in [-0.2, -0.15) is 0 Å². The van der Waals surface area contributed by atoms with Crippen molar-refractivity contribution < 1.29 is 13.2 Å². The quantitative estimate of drug-likeness (QED) is 0.690. The number of fused-ring (bicyclic) bond motifs is 1. The first kappa shape index (κ1) is 21.3. The van der Waals surface area contributed by atoms with Crippen LogP contribution >= 0.6 is 11.3 Å². The van der Waals surface area contributed by atoms with Crippen LogP contribution in [0.3, 0.4) is 0 Å². The van der Waals surface area contributed by atoms with Gasteiger partial charge in [0.1, 0.15) is 0 Å². The van der Waals surface area contributed by atoms with E-state index < -0.39 is 9.84 Å². The fraction of sp³-hybridized carbons (Fsp3) is 0.636. The van der Waals surface area contributed by atoms with Crippen molar-refractivity contribution >= 4 is 37.3 Å². The lowest BCUT2D eigenvalue weighted by atomic mass is 9.98. The van der Waals surface area contributed by atoms with Crippen molar-refractivity contribution in [2.45, 2.75) is 31.2 Å². The molecule has 31 heavy (non-hydrogen) atoms. The van der Waals surface area contributed by atoms with Crippen molar-refractivity contribution in [1.29, 1.82) is 0 Å². The van der Waals surface area contributed by atoms with Gasteiger partial charge < -0.3 is 4.90 Å². The van der Waals surface area contributed by atoms with Crippen LogP contribution in [0.5, 0.6) is 0 Å². The highest BCUT2D eigenvalue weighted by Gasteiger charge is 2.34. The molecule has 3 aliphatic rings. The highest BCUT2D eigenvalue weighted by Crippen LogP contribution is 2.33. The molecule has 3 fully saturated rings. The molecule has 0 radical (unpaired) electrons. The normalized spacial score (nSPS) is 27.7. The average molecular weight is 463 g/mol. The van der Waals surface area contributed by atoms with E-state index in [-0.39, 0.29) is 17.7 Å². The van der Waals surface area contributed by atoms with Crippen LogP contribution in [0.15, 0.2) is 24.3 Å². The summed E-state index contributed by atoms with van der Waals surface area (Å²) in [6.07, 6.45) is 2.96. The Morgan fingerprint density at radius 3 is 2.65 bits per heavy atom. The van der Waals surface area contributed by atoms with Crippen LogP contribution in [0.4, 0.5) is 0 Å². The molecule has 7 nitrogen and oxygen atoms in total.